The second kappa shape index (κ2) is 10.0. The van der Waals surface area contributed by atoms with E-state index in [-0.39, 0.29) is 11.7 Å². The van der Waals surface area contributed by atoms with Crippen LogP contribution >= 0.6 is 55.7 Å². The number of thiocarbonyl (C=S) groups is 1. The molecule has 0 aliphatic carbocycles. The average molecular weight is 536 g/mol. The van der Waals surface area contributed by atoms with Gasteiger partial charge in [-0.15, -0.1) is 0 Å². The molecular weight excluding hydrogens is 522 g/mol. The number of carbonyl (C=O) groups excluding carboxylic acids is 2. The first kappa shape index (κ1) is 21.6. The van der Waals surface area contributed by atoms with E-state index in [0.717, 1.165) is 14.5 Å². The van der Waals surface area contributed by atoms with Crippen LogP contribution < -0.4 is 20.9 Å². The van der Waals surface area contributed by atoms with E-state index >= 15 is 0 Å². The number of nitrogens with one attached hydrogen (secondary N) is 3. The first-order chi connectivity index (χ1) is 12.8. The number of hydrazine groups is 1. The van der Waals surface area contributed by atoms with Crippen molar-refractivity contribution in [1.29, 1.82) is 0 Å². The van der Waals surface area contributed by atoms with Gasteiger partial charge < -0.3 is 4.74 Å². The third-order valence-electron chi connectivity index (χ3n) is 3.19. The minimum Gasteiger partial charge on any atom is -0.482 e. The fourth-order valence-electron chi connectivity index (χ4n) is 1.99. The van der Waals surface area contributed by atoms with Gasteiger partial charge in [-0.1, -0.05) is 27.5 Å². The first-order valence-electron chi connectivity index (χ1n) is 7.50. The van der Waals surface area contributed by atoms with E-state index in [4.69, 9.17) is 28.6 Å². The smallest absolute Gasteiger partial charge is 0.269 e. The van der Waals surface area contributed by atoms with Crippen LogP contribution in [0.1, 0.15) is 15.9 Å². The van der Waals surface area contributed by atoms with Gasteiger partial charge in [0.1, 0.15) is 5.75 Å². The summed E-state index contributed by atoms with van der Waals surface area (Å²) in [6.07, 6.45) is 0. The van der Waals surface area contributed by atoms with Crippen molar-refractivity contribution < 1.29 is 14.3 Å². The molecule has 0 aromatic heterocycles. The van der Waals surface area contributed by atoms with Gasteiger partial charge >= 0.3 is 0 Å². The molecule has 3 N–H and O–H groups in total. The topological polar surface area (TPSA) is 79.5 Å². The molecular formula is C17H14Br2ClN3O3S. The Hall–Kier alpha value is -1.68. The summed E-state index contributed by atoms with van der Waals surface area (Å²) in [4.78, 5) is 23.9. The predicted octanol–water partition coefficient (Wildman–Crippen LogP) is 3.89. The maximum absolute atomic E-state index is 12.0. The number of hydrogen-bond acceptors (Lipinski definition) is 4. The molecule has 0 fully saturated rings. The number of aryl methyl sites for hydroxylation is 1. The molecule has 2 aromatic rings. The minimum atomic E-state index is -0.470. The van der Waals surface area contributed by atoms with Crippen LogP contribution in [-0.2, 0) is 4.79 Å². The summed E-state index contributed by atoms with van der Waals surface area (Å²) in [5.41, 5.74) is 6.08. The van der Waals surface area contributed by atoms with E-state index in [2.05, 4.69) is 48.0 Å². The van der Waals surface area contributed by atoms with Crippen LogP contribution in [0.5, 0.6) is 5.75 Å². The van der Waals surface area contributed by atoms with Gasteiger partial charge in [-0.25, -0.2) is 0 Å². The van der Waals surface area contributed by atoms with E-state index in [1.165, 1.54) is 0 Å². The molecule has 0 atom stereocenters. The molecule has 142 valence electrons. The van der Waals surface area contributed by atoms with Gasteiger partial charge in [0.05, 0.1) is 4.47 Å². The number of ether oxygens (including phenoxy) is 1. The summed E-state index contributed by atoms with van der Waals surface area (Å²) in [5.74, 6) is -0.334. The van der Waals surface area contributed by atoms with Gasteiger partial charge in [0.15, 0.2) is 11.7 Å². The Morgan fingerprint density at radius 2 is 1.81 bits per heavy atom. The quantitative estimate of drug-likeness (QED) is 0.409. The lowest BCUT2D eigenvalue weighted by Gasteiger charge is -2.13. The molecule has 0 unspecified atom stereocenters. The lowest BCUT2D eigenvalue weighted by Crippen LogP contribution is -2.49. The van der Waals surface area contributed by atoms with Crippen LogP contribution in [0.25, 0.3) is 0 Å². The Bertz CT molecular complexity index is 855. The van der Waals surface area contributed by atoms with E-state index in [9.17, 15) is 9.59 Å². The third kappa shape index (κ3) is 6.76. The van der Waals surface area contributed by atoms with Crippen LogP contribution in [0.4, 0.5) is 0 Å². The lowest BCUT2D eigenvalue weighted by molar-refractivity contribution is -0.121. The minimum absolute atomic E-state index is 0.0579. The zero-order valence-electron chi connectivity index (χ0n) is 13.9. The highest BCUT2D eigenvalue weighted by Gasteiger charge is 2.11. The summed E-state index contributed by atoms with van der Waals surface area (Å²) in [6, 6.07) is 10.0. The summed E-state index contributed by atoms with van der Waals surface area (Å²) >= 11 is 17.5. The number of carbonyl (C=O) groups is 2. The Balaban J connectivity index is 1.79. The van der Waals surface area contributed by atoms with Crippen LogP contribution in [0.3, 0.4) is 0 Å². The number of rotatable bonds is 4. The number of halogens is 3. The molecule has 0 aliphatic rings. The molecule has 0 radical (unpaired) electrons. The van der Waals surface area contributed by atoms with E-state index in [1.807, 2.05) is 19.1 Å². The Morgan fingerprint density at radius 3 is 2.44 bits per heavy atom. The molecule has 0 saturated carbocycles. The summed E-state index contributed by atoms with van der Waals surface area (Å²) in [6.45, 7) is 1.62. The fraction of sp³-hybridized carbons (Fsp3) is 0.118. The highest BCUT2D eigenvalue weighted by molar-refractivity contribution is 9.11. The van der Waals surface area contributed by atoms with Crippen molar-refractivity contribution in [1.82, 2.24) is 16.2 Å². The molecule has 2 aromatic carbocycles. The predicted molar refractivity (Wildman–Crippen MR) is 115 cm³/mol. The van der Waals surface area contributed by atoms with Crippen molar-refractivity contribution in [2.45, 2.75) is 6.92 Å². The molecule has 0 bridgehead atoms. The Kier molecular flexibility index (Phi) is 8.03. The summed E-state index contributed by atoms with van der Waals surface area (Å²) < 4.78 is 7.14. The largest absolute Gasteiger partial charge is 0.482 e. The molecule has 2 rings (SSSR count). The van der Waals surface area contributed by atoms with Crippen LogP contribution in [0, 0.1) is 6.92 Å². The molecule has 0 heterocycles. The molecule has 0 spiro atoms. The molecule has 27 heavy (non-hydrogen) atoms. The highest BCUT2D eigenvalue weighted by Crippen LogP contribution is 2.32. The fourth-order valence-corrected chi connectivity index (χ4v) is 3.83. The van der Waals surface area contributed by atoms with E-state index in [0.29, 0.717) is 16.3 Å². The number of hydrogen-bond donors (Lipinski definition) is 3. The second-order valence-corrected chi connectivity index (χ2v) is 7.90. The molecule has 0 saturated heterocycles. The van der Waals surface area contributed by atoms with Gasteiger partial charge in [-0.2, -0.15) is 0 Å². The van der Waals surface area contributed by atoms with Crippen LogP contribution in [0.2, 0.25) is 5.02 Å². The van der Waals surface area contributed by atoms with Gasteiger partial charge in [0, 0.05) is 15.1 Å². The first-order valence-corrected chi connectivity index (χ1v) is 9.87. The lowest BCUT2D eigenvalue weighted by atomic mass is 10.2. The zero-order chi connectivity index (χ0) is 20.0. The maximum Gasteiger partial charge on any atom is 0.269 e. The van der Waals surface area contributed by atoms with Crippen molar-refractivity contribution in [3.05, 3.63) is 61.5 Å². The normalized spacial score (nSPS) is 10.1. The molecule has 0 aliphatic heterocycles. The third-order valence-corrected chi connectivity index (χ3v) is 4.69. The molecule has 10 heteroatoms. The number of benzene rings is 2. The molecule has 2 amide bonds. The average Bonchev–Trinajstić information content (AvgIpc) is 2.59. The second-order valence-electron chi connectivity index (χ2n) is 5.29. The van der Waals surface area contributed by atoms with Crippen molar-refractivity contribution in [2.24, 2.45) is 0 Å². The van der Waals surface area contributed by atoms with Crippen molar-refractivity contribution in [2.75, 3.05) is 6.61 Å². The highest BCUT2D eigenvalue weighted by atomic mass is 79.9. The van der Waals surface area contributed by atoms with E-state index in [1.54, 1.807) is 24.3 Å². The van der Waals surface area contributed by atoms with Crippen molar-refractivity contribution in [3.8, 4) is 5.75 Å². The summed E-state index contributed by atoms with van der Waals surface area (Å²) in [5, 5.41) is 2.88. The van der Waals surface area contributed by atoms with Gasteiger partial charge in [0.2, 0.25) is 0 Å². The molecule has 6 nitrogen and oxygen atoms in total. The number of amides is 2. The SMILES string of the molecule is Cc1cc(Br)cc(Br)c1OCC(=O)NC(=S)NNC(=O)c1ccc(Cl)cc1. The van der Waals surface area contributed by atoms with Gasteiger partial charge in [0.25, 0.3) is 11.8 Å². The summed E-state index contributed by atoms with van der Waals surface area (Å²) in [7, 11) is 0. The maximum atomic E-state index is 12.0. The standard InChI is InChI=1S/C17H14Br2ClN3O3S/c1-9-6-11(18)7-13(19)15(9)26-8-14(24)21-17(27)23-22-16(25)10-2-4-12(20)5-3-10/h2-7H,8H2,1H3,(H,22,25)(H2,21,23,24,27). The van der Waals surface area contributed by atoms with Crippen LogP contribution in [0.15, 0.2) is 45.3 Å². The van der Waals surface area contributed by atoms with Gasteiger partial charge in [-0.3, -0.25) is 25.8 Å². The van der Waals surface area contributed by atoms with Crippen molar-refractivity contribution in [3.63, 3.8) is 0 Å². The Morgan fingerprint density at radius 1 is 1.15 bits per heavy atom. The van der Waals surface area contributed by atoms with Gasteiger partial charge in [-0.05, 0) is 77.0 Å². The zero-order valence-corrected chi connectivity index (χ0v) is 18.7. The monoisotopic (exact) mass is 533 g/mol. The van der Waals surface area contributed by atoms with Crippen molar-refractivity contribution >= 4 is 72.6 Å². The Labute approximate surface area is 183 Å². The van der Waals surface area contributed by atoms with E-state index < -0.39 is 11.8 Å². The van der Waals surface area contributed by atoms with Crippen LogP contribution in [-0.4, -0.2) is 23.5 Å².